The lowest BCUT2D eigenvalue weighted by Gasteiger charge is -2.37. The van der Waals surface area contributed by atoms with E-state index in [2.05, 4.69) is 0 Å². The average molecular weight is 236 g/mol. The van der Waals surface area contributed by atoms with E-state index >= 15 is 0 Å². The minimum Gasteiger partial charge on any atom is -0.508 e. The van der Waals surface area contributed by atoms with Crippen LogP contribution >= 0.6 is 0 Å². The third-order valence-corrected chi connectivity index (χ3v) is 3.72. The molecule has 0 amide bonds. The first kappa shape index (κ1) is 12.2. The summed E-state index contributed by atoms with van der Waals surface area (Å²) in [4.78, 5) is 0. The predicted octanol–water partition coefficient (Wildman–Crippen LogP) is 2.48. The van der Waals surface area contributed by atoms with Crippen molar-refractivity contribution in [3.05, 3.63) is 22.8 Å². The minimum absolute atomic E-state index is 0.141. The van der Waals surface area contributed by atoms with Crippen molar-refractivity contribution in [1.29, 1.82) is 0 Å². The lowest BCUT2D eigenvalue weighted by atomic mass is 9.87. The van der Waals surface area contributed by atoms with Crippen molar-refractivity contribution in [2.45, 2.75) is 45.6 Å². The first-order chi connectivity index (χ1) is 7.97. The largest absolute Gasteiger partial charge is 0.508 e. The average Bonchev–Trinajstić information content (AvgIpc) is 2.26. The third kappa shape index (κ3) is 2.12. The quantitative estimate of drug-likeness (QED) is 0.829. The molecule has 0 saturated carbocycles. The van der Waals surface area contributed by atoms with E-state index in [1.165, 1.54) is 0 Å². The molecule has 0 spiro atoms. The molecule has 1 aromatic carbocycles. The fraction of sp³-hybridized carbons (Fsp3) is 0.571. The van der Waals surface area contributed by atoms with E-state index in [-0.39, 0.29) is 12.2 Å². The highest BCUT2D eigenvalue weighted by Crippen LogP contribution is 2.41. The van der Waals surface area contributed by atoms with Crippen LogP contribution in [0.2, 0.25) is 0 Å². The van der Waals surface area contributed by atoms with Crippen molar-refractivity contribution in [1.82, 2.24) is 0 Å². The lowest BCUT2D eigenvalue weighted by molar-refractivity contribution is 0.0378. The lowest BCUT2D eigenvalue weighted by Crippen LogP contribution is -2.37. The van der Waals surface area contributed by atoms with Crippen molar-refractivity contribution in [2.75, 3.05) is 6.61 Å². The van der Waals surface area contributed by atoms with Gasteiger partial charge in [0.25, 0.3) is 0 Å². The van der Waals surface area contributed by atoms with Crippen molar-refractivity contribution in [2.24, 2.45) is 0 Å². The molecule has 2 rings (SSSR count). The summed E-state index contributed by atoms with van der Waals surface area (Å²) in [5.74, 6) is 1.23. The monoisotopic (exact) mass is 236 g/mol. The van der Waals surface area contributed by atoms with Gasteiger partial charge in [-0.1, -0.05) is 0 Å². The van der Waals surface area contributed by atoms with E-state index in [9.17, 15) is 5.11 Å². The first-order valence-electron chi connectivity index (χ1n) is 6.09. The number of fused-ring (bicyclic) bond motifs is 1. The van der Waals surface area contributed by atoms with Gasteiger partial charge in [-0.15, -0.1) is 0 Å². The van der Waals surface area contributed by atoms with Gasteiger partial charge in [-0.2, -0.15) is 0 Å². The summed E-state index contributed by atoms with van der Waals surface area (Å²) in [6.07, 6.45) is 2.42. The molecule has 1 heterocycles. The van der Waals surface area contributed by atoms with E-state index in [0.29, 0.717) is 12.2 Å². The highest BCUT2D eigenvalue weighted by atomic mass is 16.5. The Morgan fingerprint density at radius 3 is 2.76 bits per heavy atom. The number of hydrogen-bond donors (Lipinski definition) is 2. The second kappa shape index (κ2) is 4.22. The molecule has 0 fully saturated rings. The predicted molar refractivity (Wildman–Crippen MR) is 66.6 cm³/mol. The van der Waals surface area contributed by atoms with Gasteiger partial charge in [0.15, 0.2) is 0 Å². The Bertz CT molecular complexity index is 440. The van der Waals surface area contributed by atoms with Crippen LogP contribution in [0.25, 0.3) is 0 Å². The van der Waals surface area contributed by atoms with Gasteiger partial charge in [-0.3, -0.25) is 0 Å². The Hall–Kier alpha value is -1.22. The molecule has 1 aromatic rings. The van der Waals surface area contributed by atoms with E-state index in [0.717, 1.165) is 35.3 Å². The van der Waals surface area contributed by atoms with Crippen LogP contribution in [0.5, 0.6) is 11.5 Å². The molecule has 3 nitrogen and oxygen atoms in total. The number of phenols is 1. The molecule has 0 radical (unpaired) electrons. The Morgan fingerprint density at radius 2 is 2.12 bits per heavy atom. The molecular formula is C14H20O3. The van der Waals surface area contributed by atoms with E-state index < -0.39 is 0 Å². The molecule has 1 aliphatic rings. The fourth-order valence-electron chi connectivity index (χ4n) is 2.48. The van der Waals surface area contributed by atoms with Gasteiger partial charge in [0.1, 0.15) is 17.1 Å². The molecule has 0 aliphatic carbocycles. The normalized spacial score (nSPS) is 23.1. The number of aliphatic hydroxyl groups is 1. The summed E-state index contributed by atoms with van der Waals surface area (Å²) in [5.41, 5.74) is 2.71. The molecular weight excluding hydrogens is 216 g/mol. The molecule has 1 aliphatic heterocycles. The molecule has 0 bridgehead atoms. The molecule has 17 heavy (non-hydrogen) atoms. The maximum atomic E-state index is 9.79. The fourth-order valence-corrected chi connectivity index (χ4v) is 2.48. The topological polar surface area (TPSA) is 49.7 Å². The van der Waals surface area contributed by atoms with Crippen LogP contribution in [0.15, 0.2) is 6.07 Å². The molecule has 3 heteroatoms. The summed E-state index contributed by atoms with van der Waals surface area (Å²) in [6.45, 7) is 6.05. The van der Waals surface area contributed by atoms with Crippen molar-refractivity contribution < 1.29 is 14.9 Å². The van der Waals surface area contributed by atoms with Crippen molar-refractivity contribution in [3.8, 4) is 11.5 Å². The maximum Gasteiger partial charge on any atom is 0.126 e. The summed E-state index contributed by atoms with van der Waals surface area (Å²) in [7, 11) is 0. The van der Waals surface area contributed by atoms with Gasteiger partial charge in [0.05, 0.1) is 0 Å². The first-order valence-corrected chi connectivity index (χ1v) is 6.09. The smallest absolute Gasteiger partial charge is 0.126 e. The Labute approximate surface area is 102 Å². The van der Waals surface area contributed by atoms with Crippen LogP contribution in [-0.2, 0) is 6.42 Å². The number of benzene rings is 1. The zero-order valence-corrected chi connectivity index (χ0v) is 10.7. The minimum atomic E-state index is -0.282. The molecule has 1 unspecified atom stereocenters. The second-order valence-electron chi connectivity index (χ2n) is 5.17. The van der Waals surface area contributed by atoms with Crippen LogP contribution in [0.1, 0.15) is 36.5 Å². The van der Waals surface area contributed by atoms with Gasteiger partial charge in [0, 0.05) is 18.6 Å². The van der Waals surface area contributed by atoms with Gasteiger partial charge < -0.3 is 14.9 Å². The number of rotatable bonds is 2. The Morgan fingerprint density at radius 1 is 1.41 bits per heavy atom. The van der Waals surface area contributed by atoms with Crippen molar-refractivity contribution >= 4 is 0 Å². The molecule has 0 aromatic heterocycles. The second-order valence-corrected chi connectivity index (χ2v) is 5.17. The highest BCUT2D eigenvalue weighted by Gasteiger charge is 2.33. The SMILES string of the molecule is Cc1cc(O)c(C)c2c1OC(C)(CCO)CC2. The van der Waals surface area contributed by atoms with Gasteiger partial charge in [-0.25, -0.2) is 0 Å². The van der Waals surface area contributed by atoms with Gasteiger partial charge in [-0.05, 0) is 50.8 Å². The van der Waals surface area contributed by atoms with Crippen LogP contribution in [-0.4, -0.2) is 22.4 Å². The van der Waals surface area contributed by atoms with Crippen molar-refractivity contribution in [3.63, 3.8) is 0 Å². The van der Waals surface area contributed by atoms with E-state index in [4.69, 9.17) is 9.84 Å². The Balaban J connectivity index is 2.42. The molecule has 1 atom stereocenters. The number of aliphatic hydroxyl groups excluding tert-OH is 1. The third-order valence-electron chi connectivity index (χ3n) is 3.72. The van der Waals surface area contributed by atoms with E-state index in [1.807, 2.05) is 20.8 Å². The number of hydrogen-bond acceptors (Lipinski definition) is 3. The highest BCUT2D eigenvalue weighted by molar-refractivity contribution is 5.53. The molecule has 94 valence electrons. The zero-order chi connectivity index (χ0) is 12.6. The summed E-state index contributed by atoms with van der Waals surface area (Å²) >= 11 is 0. The summed E-state index contributed by atoms with van der Waals surface area (Å²) in [5, 5.41) is 18.9. The van der Waals surface area contributed by atoms with E-state index in [1.54, 1.807) is 6.07 Å². The van der Waals surface area contributed by atoms with Crippen LogP contribution < -0.4 is 4.74 Å². The maximum absolute atomic E-state index is 9.79. The number of phenolic OH excluding ortho intramolecular Hbond substituents is 1. The summed E-state index contributed by atoms with van der Waals surface area (Å²) in [6, 6.07) is 1.75. The number of aryl methyl sites for hydroxylation is 1. The number of aromatic hydroxyl groups is 1. The number of ether oxygens (including phenoxy) is 1. The summed E-state index contributed by atoms with van der Waals surface area (Å²) < 4.78 is 6.06. The van der Waals surface area contributed by atoms with Crippen LogP contribution in [0.4, 0.5) is 0 Å². The van der Waals surface area contributed by atoms with Gasteiger partial charge >= 0.3 is 0 Å². The Kier molecular flexibility index (Phi) is 3.04. The van der Waals surface area contributed by atoms with Crippen LogP contribution in [0, 0.1) is 13.8 Å². The molecule has 2 N–H and O–H groups in total. The zero-order valence-electron chi connectivity index (χ0n) is 10.7. The standard InChI is InChI=1S/C14H20O3/c1-9-8-12(16)10(2)11-4-5-14(3,6-7-15)17-13(9)11/h8,15-16H,4-7H2,1-3H3. The van der Waals surface area contributed by atoms with Gasteiger partial charge in [0.2, 0.25) is 0 Å². The molecule has 0 saturated heterocycles. The van der Waals surface area contributed by atoms with Crippen LogP contribution in [0.3, 0.4) is 0 Å².